The molecule has 0 aliphatic rings. The molecule has 1 aromatic carbocycles. The lowest BCUT2D eigenvalue weighted by atomic mass is 9.94. The number of nitrogens with one attached hydrogen (secondary N) is 1. The van der Waals surface area contributed by atoms with Gasteiger partial charge in [-0.15, -0.1) is 12.4 Å². The number of para-hydroxylation sites is 1. The van der Waals surface area contributed by atoms with E-state index in [0.29, 0.717) is 17.1 Å². The number of benzene rings is 1. The molecule has 1 heterocycles. The fourth-order valence-electron chi connectivity index (χ4n) is 2.35. The number of carbonyl (C=O) groups excluding carboxylic acids is 1. The molecule has 0 atom stereocenters. The van der Waals surface area contributed by atoms with Gasteiger partial charge in [0.25, 0.3) is 5.91 Å². The third-order valence-corrected chi connectivity index (χ3v) is 4.66. The van der Waals surface area contributed by atoms with Crippen molar-refractivity contribution in [3.05, 3.63) is 46.7 Å². The Morgan fingerprint density at radius 2 is 1.96 bits per heavy atom. The Kier molecular flexibility index (Phi) is 7.27. The van der Waals surface area contributed by atoms with Crippen LogP contribution in [0.2, 0.25) is 5.02 Å². The van der Waals surface area contributed by atoms with Gasteiger partial charge in [0.2, 0.25) is 0 Å². The molecule has 24 heavy (non-hydrogen) atoms. The Morgan fingerprint density at radius 1 is 1.33 bits per heavy atom. The van der Waals surface area contributed by atoms with Gasteiger partial charge in [0.1, 0.15) is 0 Å². The molecule has 0 saturated heterocycles. The number of hydrogen-bond donors (Lipinski definition) is 2. The molecular weight excluding hydrogens is 347 g/mol. The van der Waals surface area contributed by atoms with Crippen LogP contribution in [0, 0.1) is 6.92 Å². The van der Waals surface area contributed by atoms with Crippen molar-refractivity contribution >= 4 is 29.9 Å². The molecule has 7 heteroatoms. The highest BCUT2D eigenvalue weighted by Gasteiger charge is 2.23. The van der Waals surface area contributed by atoms with E-state index in [1.54, 1.807) is 16.9 Å². The SMILES string of the molecule is CCC(N)(CC)CNC(=O)c1cnn(-c2ccccc2Cl)c1C.Cl. The highest BCUT2D eigenvalue weighted by atomic mass is 35.5. The Balaban J connectivity index is 0.00000288. The molecule has 0 aliphatic carbocycles. The first-order valence-corrected chi connectivity index (χ1v) is 8.16. The normalized spacial score (nSPS) is 11.0. The predicted molar refractivity (Wildman–Crippen MR) is 100 cm³/mol. The maximum absolute atomic E-state index is 12.4. The minimum Gasteiger partial charge on any atom is -0.350 e. The first kappa shape index (κ1) is 20.5. The van der Waals surface area contributed by atoms with Crippen LogP contribution in [-0.4, -0.2) is 27.8 Å². The summed E-state index contributed by atoms with van der Waals surface area (Å²) < 4.78 is 1.67. The number of rotatable bonds is 6. The molecule has 0 radical (unpaired) electrons. The maximum atomic E-state index is 12.4. The summed E-state index contributed by atoms with van der Waals surface area (Å²) in [6, 6.07) is 7.40. The molecule has 5 nitrogen and oxygen atoms in total. The highest BCUT2D eigenvalue weighted by Crippen LogP contribution is 2.22. The van der Waals surface area contributed by atoms with E-state index in [4.69, 9.17) is 17.3 Å². The summed E-state index contributed by atoms with van der Waals surface area (Å²) in [4.78, 5) is 12.4. The third kappa shape index (κ3) is 4.29. The van der Waals surface area contributed by atoms with Gasteiger partial charge in [-0.1, -0.05) is 37.6 Å². The van der Waals surface area contributed by atoms with Crippen molar-refractivity contribution in [1.82, 2.24) is 15.1 Å². The monoisotopic (exact) mass is 370 g/mol. The van der Waals surface area contributed by atoms with Crippen molar-refractivity contribution in [1.29, 1.82) is 0 Å². The molecule has 3 N–H and O–H groups in total. The zero-order valence-corrected chi connectivity index (χ0v) is 15.7. The molecule has 132 valence electrons. The number of carbonyl (C=O) groups is 1. The Hall–Kier alpha value is -1.56. The van der Waals surface area contributed by atoms with Crippen molar-refractivity contribution < 1.29 is 4.79 Å². The van der Waals surface area contributed by atoms with Crippen LogP contribution in [0.5, 0.6) is 0 Å². The van der Waals surface area contributed by atoms with Crippen molar-refractivity contribution in [3.8, 4) is 5.69 Å². The molecular formula is C17H24Cl2N4O. The number of nitrogens with two attached hydrogens (primary N) is 1. The summed E-state index contributed by atoms with van der Waals surface area (Å²) in [5.41, 5.74) is 7.87. The van der Waals surface area contributed by atoms with Crippen LogP contribution in [0.25, 0.3) is 5.69 Å². The zero-order chi connectivity index (χ0) is 17.0. The molecule has 2 aromatic rings. The predicted octanol–water partition coefficient (Wildman–Crippen LogP) is 3.50. The van der Waals surface area contributed by atoms with Gasteiger partial charge in [-0.2, -0.15) is 5.10 Å². The number of aromatic nitrogens is 2. The second kappa shape index (κ2) is 8.51. The van der Waals surface area contributed by atoms with E-state index in [-0.39, 0.29) is 23.9 Å². The second-order valence-corrected chi connectivity index (χ2v) is 6.17. The molecule has 1 aromatic heterocycles. The zero-order valence-electron chi connectivity index (χ0n) is 14.2. The van der Waals surface area contributed by atoms with Gasteiger partial charge in [-0.05, 0) is 31.9 Å². The van der Waals surface area contributed by atoms with Crippen molar-refractivity contribution in [3.63, 3.8) is 0 Å². The van der Waals surface area contributed by atoms with E-state index < -0.39 is 0 Å². The first-order chi connectivity index (χ1) is 10.9. The Morgan fingerprint density at radius 3 is 2.54 bits per heavy atom. The minimum atomic E-state index is -0.373. The topological polar surface area (TPSA) is 72.9 Å². The molecule has 0 spiro atoms. The lowest BCUT2D eigenvalue weighted by Gasteiger charge is -2.26. The Bertz CT molecular complexity index is 696. The summed E-state index contributed by atoms with van der Waals surface area (Å²) >= 11 is 6.20. The van der Waals surface area contributed by atoms with Crippen LogP contribution in [0.3, 0.4) is 0 Å². The van der Waals surface area contributed by atoms with Gasteiger partial charge in [0.05, 0.1) is 28.2 Å². The van der Waals surface area contributed by atoms with Crippen molar-refractivity contribution in [2.24, 2.45) is 5.73 Å². The van der Waals surface area contributed by atoms with E-state index in [1.807, 2.05) is 39.0 Å². The van der Waals surface area contributed by atoms with Crippen LogP contribution in [0.15, 0.2) is 30.5 Å². The standard InChI is InChI=1S/C17H23ClN4O.ClH/c1-4-17(19,5-2)11-20-16(23)13-10-21-22(12(13)3)15-9-7-6-8-14(15)18;/h6-10H,4-5,11,19H2,1-3H3,(H,20,23);1H. The fraction of sp³-hybridized carbons (Fsp3) is 0.412. The summed E-state index contributed by atoms with van der Waals surface area (Å²) in [6.45, 7) is 6.34. The summed E-state index contributed by atoms with van der Waals surface area (Å²) in [7, 11) is 0. The molecule has 0 fully saturated rings. The van der Waals surface area contributed by atoms with Gasteiger partial charge >= 0.3 is 0 Å². The van der Waals surface area contributed by atoms with Gasteiger partial charge in [-0.3, -0.25) is 4.79 Å². The average molecular weight is 371 g/mol. The van der Waals surface area contributed by atoms with Gasteiger partial charge < -0.3 is 11.1 Å². The first-order valence-electron chi connectivity index (χ1n) is 7.78. The fourth-order valence-corrected chi connectivity index (χ4v) is 2.57. The number of hydrogen-bond acceptors (Lipinski definition) is 3. The van der Waals surface area contributed by atoms with Crippen LogP contribution in [-0.2, 0) is 0 Å². The number of halogens is 2. The van der Waals surface area contributed by atoms with E-state index >= 15 is 0 Å². The number of amides is 1. The molecule has 0 aliphatic heterocycles. The summed E-state index contributed by atoms with van der Waals surface area (Å²) in [5, 5.41) is 7.79. The Labute approximate surface area is 154 Å². The van der Waals surface area contributed by atoms with Crippen molar-refractivity contribution in [2.75, 3.05) is 6.54 Å². The molecule has 0 bridgehead atoms. The highest BCUT2D eigenvalue weighted by molar-refractivity contribution is 6.32. The lowest BCUT2D eigenvalue weighted by molar-refractivity contribution is 0.0941. The third-order valence-electron chi connectivity index (χ3n) is 4.34. The van der Waals surface area contributed by atoms with Crippen LogP contribution < -0.4 is 11.1 Å². The van der Waals surface area contributed by atoms with E-state index in [0.717, 1.165) is 24.2 Å². The summed E-state index contributed by atoms with van der Waals surface area (Å²) in [5.74, 6) is -0.169. The largest absolute Gasteiger partial charge is 0.350 e. The quantitative estimate of drug-likeness (QED) is 0.816. The summed E-state index contributed by atoms with van der Waals surface area (Å²) in [6.07, 6.45) is 3.17. The smallest absolute Gasteiger partial charge is 0.254 e. The van der Waals surface area contributed by atoms with E-state index in [2.05, 4.69) is 10.4 Å². The average Bonchev–Trinajstić information content (AvgIpc) is 2.94. The molecule has 0 unspecified atom stereocenters. The maximum Gasteiger partial charge on any atom is 0.254 e. The molecule has 2 rings (SSSR count). The van der Waals surface area contributed by atoms with Crippen LogP contribution >= 0.6 is 24.0 Å². The van der Waals surface area contributed by atoms with E-state index in [9.17, 15) is 4.79 Å². The lowest BCUT2D eigenvalue weighted by Crippen LogP contribution is -2.49. The van der Waals surface area contributed by atoms with Crippen LogP contribution in [0.1, 0.15) is 42.7 Å². The minimum absolute atomic E-state index is 0. The van der Waals surface area contributed by atoms with Crippen molar-refractivity contribution in [2.45, 2.75) is 39.2 Å². The number of nitrogens with zero attached hydrogens (tertiary/aromatic N) is 2. The van der Waals surface area contributed by atoms with Crippen LogP contribution in [0.4, 0.5) is 0 Å². The van der Waals surface area contributed by atoms with Gasteiger partial charge in [0.15, 0.2) is 0 Å². The van der Waals surface area contributed by atoms with Gasteiger partial charge in [-0.25, -0.2) is 4.68 Å². The van der Waals surface area contributed by atoms with Gasteiger partial charge in [0, 0.05) is 12.1 Å². The van der Waals surface area contributed by atoms with E-state index in [1.165, 1.54) is 0 Å². The molecule has 0 saturated carbocycles. The molecule has 1 amide bonds. The second-order valence-electron chi connectivity index (χ2n) is 5.76.